The fraction of sp³-hybridized carbons (Fsp3) is 0.125. The van der Waals surface area contributed by atoms with Crippen molar-refractivity contribution in [1.29, 1.82) is 0 Å². The molecule has 118 valence electrons. The van der Waals surface area contributed by atoms with Crippen LogP contribution in [0.3, 0.4) is 0 Å². The van der Waals surface area contributed by atoms with Gasteiger partial charge in [-0.2, -0.15) is 0 Å². The summed E-state index contributed by atoms with van der Waals surface area (Å²) in [5.74, 6) is -0.905. The minimum atomic E-state index is -0.456. The number of carbonyl (C=O) groups excluding carboxylic acids is 1. The van der Waals surface area contributed by atoms with E-state index in [0.29, 0.717) is 33.5 Å². The third-order valence-corrected chi connectivity index (χ3v) is 4.04. The zero-order chi connectivity index (χ0) is 16.6. The summed E-state index contributed by atoms with van der Waals surface area (Å²) >= 11 is 12.1. The number of aryl methyl sites for hydroxylation is 1. The molecular weight excluding hydrogens is 340 g/mol. The fourth-order valence-electron chi connectivity index (χ4n) is 2.34. The number of hydrogen-bond donors (Lipinski definition) is 1. The van der Waals surface area contributed by atoms with Gasteiger partial charge in [-0.1, -0.05) is 36.2 Å². The van der Waals surface area contributed by atoms with Crippen LogP contribution in [0, 0.1) is 5.82 Å². The first-order chi connectivity index (χ1) is 11.0. The van der Waals surface area contributed by atoms with E-state index in [2.05, 4.69) is 10.3 Å². The van der Waals surface area contributed by atoms with Crippen LogP contribution in [0.25, 0.3) is 5.65 Å². The van der Waals surface area contributed by atoms with Gasteiger partial charge in [0.1, 0.15) is 17.2 Å². The maximum absolute atomic E-state index is 13.5. The van der Waals surface area contributed by atoms with Crippen molar-refractivity contribution < 1.29 is 9.18 Å². The Kier molecular flexibility index (Phi) is 4.24. The molecule has 1 N–H and O–H groups in total. The van der Waals surface area contributed by atoms with E-state index in [1.165, 1.54) is 22.7 Å². The average Bonchev–Trinajstić information content (AvgIpc) is 2.88. The molecule has 0 atom stereocenters. The van der Waals surface area contributed by atoms with Gasteiger partial charge < -0.3 is 5.32 Å². The Morgan fingerprint density at radius 2 is 1.96 bits per heavy atom. The molecule has 1 aromatic carbocycles. The number of hydrogen-bond acceptors (Lipinski definition) is 2. The van der Waals surface area contributed by atoms with Crippen LogP contribution in [0.2, 0.25) is 10.0 Å². The van der Waals surface area contributed by atoms with Crippen molar-refractivity contribution in [3.05, 3.63) is 63.8 Å². The molecule has 0 aliphatic heterocycles. The zero-order valence-electron chi connectivity index (χ0n) is 12.1. The second-order valence-corrected chi connectivity index (χ2v) is 5.70. The smallest absolute Gasteiger partial charge is 0.274 e. The highest BCUT2D eigenvalue weighted by Gasteiger charge is 2.20. The van der Waals surface area contributed by atoms with E-state index in [4.69, 9.17) is 23.2 Å². The van der Waals surface area contributed by atoms with Crippen molar-refractivity contribution >= 4 is 40.4 Å². The number of benzene rings is 1. The molecule has 0 aliphatic carbocycles. The van der Waals surface area contributed by atoms with Crippen molar-refractivity contribution in [2.75, 3.05) is 5.32 Å². The Morgan fingerprint density at radius 1 is 1.26 bits per heavy atom. The molecule has 7 heteroatoms. The number of fused-ring (bicyclic) bond motifs is 1. The predicted octanol–water partition coefficient (Wildman–Crippen LogP) is 4.59. The van der Waals surface area contributed by atoms with Gasteiger partial charge in [-0.3, -0.25) is 9.20 Å². The summed E-state index contributed by atoms with van der Waals surface area (Å²) in [7, 11) is 0. The molecule has 0 saturated carbocycles. The predicted molar refractivity (Wildman–Crippen MR) is 88.9 cm³/mol. The monoisotopic (exact) mass is 351 g/mol. The lowest BCUT2D eigenvalue weighted by Crippen LogP contribution is -2.17. The minimum Gasteiger partial charge on any atom is -0.318 e. The van der Waals surface area contributed by atoms with Gasteiger partial charge in [-0.05, 0) is 30.7 Å². The van der Waals surface area contributed by atoms with Gasteiger partial charge in [-0.25, -0.2) is 9.37 Å². The maximum atomic E-state index is 13.5. The number of imidazole rings is 1. The lowest BCUT2D eigenvalue weighted by Gasteiger charge is -2.10. The first-order valence-corrected chi connectivity index (χ1v) is 7.68. The third-order valence-electron chi connectivity index (χ3n) is 3.41. The van der Waals surface area contributed by atoms with Crippen LogP contribution in [0.5, 0.6) is 0 Å². The number of halogens is 3. The van der Waals surface area contributed by atoms with Crippen molar-refractivity contribution in [1.82, 2.24) is 9.38 Å². The Bertz CT molecular complexity index is 887. The topological polar surface area (TPSA) is 46.4 Å². The number of rotatable bonds is 3. The molecule has 0 unspecified atom stereocenters. The van der Waals surface area contributed by atoms with E-state index >= 15 is 0 Å². The van der Waals surface area contributed by atoms with Gasteiger partial charge in [0, 0.05) is 6.20 Å². The summed E-state index contributed by atoms with van der Waals surface area (Å²) < 4.78 is 15.0. The first kappa shape index (κ1) is 15.8. The summed E-state index contributed by atoms with van der Waals surface area (Å²) in [4.78, 5) is 17.0. The number of pyridine rings is 1. The second-order valence-electron chi connectivity index (χ2n) is 4.89. The first-order valence-electron chi connectivity index (χ1n) is 6.93. The minimum absolute atomic E-state index is 0.262. The van der Waals surface area contributed by atoms with Crippen molar-refractivity contribution in [3.8, 4) is 0 Å². The average molecular weight is 352 g/mol. The maximum Gasteiger partial charge on any atom is 0.274 e. The highest BCUT2D eigenvalue weighted by Crippen LogP contribution is 2.30. The van der Waals surface area contributed by atoms with Crippen molar-refractivity contribution in [2.24, 2.45) is 0 Å². The Balaban J connectivity index is 2.09. The largest absolute Gasteiger partial charge is 0.318 e. The number of carbonyl (C=O) groups is 1. The third kappa shape index (κ3) is 2.90. The van der Waals surface area contributed by atoms with Gasteiger partial charge in [0.05, 0.1) is 21.4 Å². The molecule has 23 heavy (non-hydrogen) atoms. The summed E-state index contributed by atoms with van der Waals surface area (Å²) in [6, 6.07) is 7.75. The molecule has 2 aromatic heterocycles. The summed E-state index contributed by atoms with van der Waals surface area (Å²) in [5.41, 5.74) is 1.64. The summed E-state index contributed by atoms with van der Waals surface area (Å²) in [6.07, 6.45) is 1.76. The normalized spacial score (nSPS) is 11.0. The molecule has 3 aromatic rings. The molecule has 3 rings (SSSR count). The summed E-state index contributed by atoms with van der Waals surface area (Å²) in [5, 5.41) is 3.33. The van der Waals surface area contributed by atoms with Crippen molar-refractivity contribution in [3.63, 3.8) is 0 Å². The molecule has 0 fully saturated rings. The number of anilines is 1. The standard InChI is InChI=1S/C16H12Cl2FN3O/c1-2-12-15(22-8-9(19)6-7-13(22)20-12)16(23)21-14-10(17)4-3-5-11(14)18/h3-8H,2H2,1H3,(H,21,23). The summed E-state index contributed by atoms with van der Waals surface area (Å²) in [6.45, 7) is 1.87. The SMILES string of the molecule is CCc1nc2ccc(F)cn2c1C(=O)Nc1c(Cl)cccc1Cl. The molecule has 0 radical (unpaired) electrons. The van der Waals surface area contributed by atoms with E-state index in [9.17, 15) is 9.18 Å². The molecule has 0 saturated heterocycles. The van der Waals surface area contributed by atoms with Gasteiger partial charge in [-0.15, -0.1) is 0 Å². The van der Waals surface area contributed by atoms with Crippen LogP contribution in [0.1, 0.15) is 23.1 Å². The van der Waals surface area contributed by atoms with Crippen LogP contribution in [-0.4, -0.2) is 15.3 Å². The van der Waals surface area contributed by atoms with Crippen LogP contribution in [0.4, 0.5) is 10.1 Å². The van der Waals surface area contributed by atoms with E-state index < -0.39 is 11.7 Å². The Morgan fingerprint density at radius 3 is 2.61 bits per heavy atom. The Hall–Kier alpha value is -2.11. The van der Waals surface area contributed by atoms with Crippen LogP contribution in [0.15, 0.2) is 36.5 Å². The number of nitrogens with zero attached hydrogens (tertiary/aromatic N) is 2. The number of para-hydroxylation sites is 1. The van der Waals surface area contributed by atoms with E-state index in [-0.39, 0.29) is 5.69 Å². The second kappa shape index (κ2) is 6.18. The van der Waals surface area contributed by atoms with Gasteiger partial charge >= 0.3 is 0 Å². The van der Waals surface area contributed by atoms with Crippen LogP contribution in [-0.2, 0) is 6.42 Å². The van der Waals surface area contributed by atoms with E-state index in [1.807, 2.05) is 6.92 Å². The zero-order valence-corrected chi connectivity index (χ0v) is 13.6. The fourth-order valence-corrected chi connectivity index (χ4v) is 2.84. The van der Waals surface area contributed by atoms with E-state index in [0.717, 1.165) is 0 Å². The quantitative estimate of drug-likeness (QED) is 0.749. The number of amides is 1. The molecule has 1 amide bonds. The molecule has 0 aliphatic rings. The van der Waals surface area contributed by atoms with Gasteiger partial charge in [0.2, 0.25) is 0 Å². The molecule has 0 bridgehead atoms. The lowest BCUT2D eigenvalue weighted by atomic mass is 10.2. The van der Waals surface area contributed by atoms with Crippen molar-refractivity contribution in [2.45, 2.75) is 13.3 Å². The molecular formula is C16H12Cl2FN3O. The highest BCUT2D eigenvalue weighted by molar-refractivity contribution is 6.40. The number of aromatic nitrogens is 2. The molecule has 2 heterocycles. The highest BCUT2D eigenvalue weighted by atomic mass is 35.5. The van der Waals surface area contributed by atoms with Crippen LogP contribution < -0.4 is 5.32 Å². The number of nitrogens with one attached hydrogen (secondary N) is 1. The van der Waals surface area contributed by atoms with Gasteiger partial charge in [0.25, 0.3) is 5.91 Å². The lowest BCUT2D eigenvalue weighted by molar-refractivity contribution is 0.102. The Labute approximate surface area is 141 Å². The van der Waals surface area contributed by atoms with Gasteiger partial charge in [0.15, 0.2) is 0 Å². The molecule has 0 spiro atoms. The van der Waals surface area contributed by atoms with Crippen LogP contribution >= 0.6 is 23.2 Å². The molecule has 4 nitrogen and oxygen atoms in total. The van der Waals surface area contributed by atoms with E-state index in [1.54, 1.807) is 18.2 Å².